The summed E-state index contributed by atoms with van der Waals surface area (Å²) in [5.41, 5.74) is 24.7. The van der Waals surface area contributed by atoms with Gasteiger partial charge in [0.2, 0.25) is 17.8 Å². The summed E-state index contributed by atoms with van der Waals surface area (Å²) in [6, 6.07) is 150. The predicted molar refractivity (Wildman–Crippen MR) is 567 cm³/mol. The van der Waals surface area contributed by atoms with Gasteiger partial charge in [-0.2, -0.15) is 0 Å². The van der Waals surface area contributed by atoms with Crippen LogP contribution in [0.3, 0.4) is 0 Å². The van der Waals surface area contributed by atoms with E-state index in [-0.39, 0.29) is 0 Å². The number of fused-ring (bicyclic) bond motifs is 40. The molecular formula is C124H70N12. The third kappa shape index (κ3) is 9.98. The maximum atomic E-state index is 5.46. The maximum absolute atomic E-state index is 5.46. The van der Waals surface area contributed by atoms with Crippen LogP contribution in [0.5, 0.6) is 0 Å². The van der Waals surface area contributed by atoms with E-state index in [1.165, 1.54) is 190 Å². The highest BCUT2D eigenvalue weighted by Gasteiger charge is 2.32. The lowest BCUT2D eigenvalue weighted by molar-refractivity contribution is 1.01. The number of aromatic nitrogens is 12. The van der Waals surface area contributed by atoms with E-state index in [0.717, 1.165) is 88.3 Å². The van der Waals surface area contributed by atoms with E-state index in [0.29, 0.717) is 17.8 Å². The first kappa shape index (κ1) is 73.3. The van der Waals surface area contributed by atoms with Gasteiger partial charge in [-0.1, -0.05) is 322 Å². The molecule has 33 aromatic rings. The van der Waals surface area contributed by atoms with Crippen LogP contribution in [-0.4, -0.2) is 56.8 Å². The molecule has 33 rings (SSSR count). The first-order valence-corrected chi connectivity index (χ1v) is 46.4. The van der Waals surface area contributed by atoms with Crippen LogP contribution in [-0.2, 0) is 0 Å². The second-order valence-corrected chi connectivity index (χ2v) is 36.2. The molecule has 0 unspecified atom stereocenters. The second-order valence-electron chi connectivity index (χ2n) is 36.2. The van der Waals surface area contributed by atoms with Gasteiger partial charge in [-0.05, 0) is 140 Å². The van der Waals surface area contributed by atoms with Crippen molar-refractivity contribution in [3.05, 3.63) is 425 Å². The fourth-order valence-electron chi connectivity index (χ4n) is 23.7. The maximum Gasteiger partial charge on any atom is 0.235 e. The summed E-state index contributed by atoms with van der Waals surface area (Å²) >= 11 is 0. The molecule has 0 aliphatic heterocycles. The molecule has 0 radical (unpaired) electrons. The first-order valence-electron chi connectivity index (χ1n) is 46.4. The van der Waals surface area contributed by atoms with E-state index in [4.69, 9.17) is 29.9 Å². The first-order chi connectivity index (χ1) is 67.5. The third-order valence-electron chi connectivity index (χ3n) is 29.3. The molecule has 0 amide bonds. The van der Waals surface area contributed by atoms with Gasteiger partial charge in [0, 0.05) is 130 Å². The van der Waals surface area contributed by atoms with Crippen molar-refractivity contribution in [1.29, 1.82) is 0 Å². The highest BCUT2D eigenvalue weighted by atomic mass is 15.2. The van der Waals surface area contributed by atoms with Crippen LogP contribution >= 0.6 is 0 Å². The van der Waals surface area contributed by atoms with Gasteiger partial charge in [-0.3, -0.25) is 13.7 Å². The summed E-state index contributed by atoms with van der Waals surface area (Å²) < 4.78 is 14.3. The lowest BCUT2D eigenvalue weighted by Gasteiger charge is -2.12. The zero-order valence-electron chi connectivity index (χ0n) is 72.8. The molecular weight excluding hydrogens is 1660 g/mol. The fraction of sp³-hybridized carbons (Fsp3) is 0. The topological polar surface area (TPSA) is 105 Å². The minimum atomic E-state index is 0.671. The van der Waals surface area contributed by atoms with Gasteiger partial charge in [0.25, 0.3) is 0 Å². The molecule has 0 atom stereocenters. The number of para-hydroxylation sites is 9. The number of nitrogens with zero attached hydrogens (tertiary/aromatic N) is 12. The van der Waals surface area contributed by atoms with Gasteiger partial charge in [-0.15, -0.1) is 0 Å². The smallest absolute Gasteiger partial charge is 0.235 e. The summed E-state index contributed by atoms with van der Waals surface area (Å²) in [6.45, 7) is 0. The number of benzene rings is 21. The second kappa shape index (κ2) is 27.5. The standard InChI is InChI=1S/C46H26N4.C42H24N4.C36H20N4/c1-2-13-29-25-30(22-21-27(29)11-1)44-33-16-5-8-18-36(33)47-46(48-44)50-38-20-10-7-17-34(38)42-40(50)26-35-32-15-6-9-19-37(32)49-39-24-23-28-12-3-4-14-31(28)41(39)43(42)45(35)49;1-2-13-26(14-3-1)40-29-17-6-9-19-32(29)43-42(44-40)46-34-21-11-8-18-30(34)38-36(46)24-31-28-16-7-10-20-33(28)45-35-23-22-25-12-4-5-15-27(25)37(35)39(38)41(31)45;1-3-11-23-21(9-1)17-18-30-32(23)34-33-25-13-5-8-16-29(25)40(36-37-20-22-10-2-6-14-27(22)38-36)31(33)19-26-24-12-4-7-15-28(24)39(30)35(26)34/h1-26H;1-24H;1-20H. The van der Waals surface area contributed by atoms with E-state index in [2.05, 4.69) is 427 Å². The van der Waals surface area contributed by atoms with Crippen LogP contribution in [0.2, 0.25) is 0 Å². The van der Waals surface area contributed by atoms with E-state index >= 15 is 0 Å². The van der Waals surface area contributed by atoms with Gasteiger partial charge in [-0.25, -0.2) is 29.9 Å². The van der Waals surface area contributed by atoms with Crippen molar-refractivity contribution in [3.63, 3.8) is 0 Å². The third-order valence-corrected chi connectivity index (χ3v) is 29.3. The van der Waals surface area contributed by atoms with Gasteiger partial charge in [0.1, 0.15) is 0 Å². The molecule has 21 aromatic carbocycles. The zero-order valence-corrected chi connectivity index (χ0v) is 72.8. The zero-order chi connectivity index (χ0) is 88.4. The molecule has 0 aliphatic rings. The Morgan fingerprint density at radius 2 is 0.456 bits per heavy atom. The molecule has 0 fully saturated rings. The van der Waals surface area contributed by atoms with Crippen molar-refractivity contribution >= 4 is 256 Å². The van der Waals surface area contributed by atoms with Crippen LogP contribution in [0.1, 0.15) is 0 Å². The van der Waals surface area contributed by atoms with Gasteiger partial charge >= 0.3 is 0 Å². The van der Waals surface area contributed by atoms with Crippen molar-refractivity contribution in [2.75, 3.05) is 0 Å². The predicted octanol–water partition coefficient (Wildman–Crippen LogP) is 31.6. The van der Waals surface area contributed by atoms with Crippen LogP contribution < -0.4 is 0 Å². The monoisotopic (exact) mass is 1730 g/mol. The van der Waals surface area contributed by atoms with Crippen LogP contribution in [0.25, 0.3) is 296 Å². The van der Waals surface area contributed by atoms with E-state index < -0.39 is 0 Å². The summed E-state index contributed by atoms with van der Waals surface area (Å²) in [4.78, 5) is 31.3. The minimum absolute atomic E-state index is 0.671. The SMILES string of the molecule is c1ccc(-c2nc(-n3c4ccccc4c4c5c6c7ccccc7ccc6n6c7ccccc7c(cc43)c56)nc3ccccc23)cc1.c1ccc2cc(-c3nc(-n4c5ccccc5c5c6c7c8ccccc8ccc7n7c8ccccc8c(cc54)c67)nc4ccccc34)ccc2c1.c1ccc2nc(-n3c4ccccc4c4c5c6c7ccccc7ccc6n6c7ccccc7c(cc43)c56)ncc2c1. The molecule has 0 saturated heterocycles. The lowest BCUT2D eigenvalue weighted by atomic mass is 9.98. The van der Waals surface area contributed by atoms with Crippen molar-refractivity contribution in [2.45, 2.75) is 0 Å². The normalized spacial score (nSPS) is 12.4. The minimum Gasteiger partial charge on any atom is -0.308 e. The van der Waals surface area contributed by atoms with Crippen molar-refractivity contribution in [3.8, 4) is 40.4 Å². The Bertz CT molecular complexity index is 11000. The molecule has 0 bridgehead atoms. The highest BCUT2D eigenvalue weighted by Crippen LogP contribution is 2.54. The van der Waals surface area contributed by atoms with E-state index in [1.54, 1.807) is 0 Å². The van der Waals surface area contributed by atoms with Gasteiger partial charge < -0.3 is 13.2 Å². The van der Waals surface area contributed by atoms with Crippen molar-refractivity contribution in [2.24, 2.45) is 0 Å². The Morgan fingerprint density at radius 3 is 0.882 bits per heavy atom. The Balaban J connectivity index is 0.0000000956. The molecule has 12 heterocycles. The molecule has 626 valence electrons. The summed E-state index contributed by atoms with van der Waals surface area (Å²) in [7, 11) is 0. The average Bonchev–Trinajstić information content (AvgIpc) is 1.52. The summed E-state index contributed by atoms with van der Waals surface area (Å²) in [5, 5.41) is 35.7. The quantitative estimate of drug-likeness (QED) is 0.170. The Morgan fingerprint density at radius 1 is 0.154 bits per heavy atom. The molecule has 0 N–H and O–H groups in total. The Kier molecular flexibility index (Phi) is 14.8. The molecule has 12 nitrogen and oxygen atoms in total. The average molecular weight is 1730 g/mol. The van der Waals surface area contributed by atoms with Crippen molar-refractivity contribution in [1.82, 2.24) is 56.8 Å². The van der Waals surface area contributed by atoms with Crippen LogP contribution in [0.4, 0.5) is 0 Å². The molecule has 12 aromatic heterocycles. The number of hydrogen-bond acceptors (Lipinski definition) is 6. The molecule has 12 heteroatoms. The van der Waals surface area contributed by atoms with E-state index in [1.807, 2.05) is 24.4 Å². The molecule has 0 saturated carbocycles. The largest absolute Gasteiger partial charge is 0.308 e. The fourth-order valence-corrected chi connectivity index (χ4v) is 23.7. The summed E-state index contributed by atoms with van der Waals surface area (Å²) in [6.07, 6.45) is 1.94. The highest BCUT2D eigenvalue weighted by molar-refractivity contribution is 6.43. The molecule has 0 spiro atoms. The Labute approximate surface area is 772 Å². The lowest BCUT2D eigenvalue weighted by Crippen LogP contribution is -2.03. The van der Waals surface area contributed by atoms with Crippen molar-refractivity contribution < 1.29 is 0 Å². The number of rotatable bonds is 5. The molecule has 0 aliphatic carbocycles. The van der Waals surface area contributed by atoms with Gasteiger partial charge in [0.05, 0.1) is 111 Å². The van der Waals surface area contributed by atoms with E-state index in [9.17, 15) is 0 Å². The molecule has 136 heavy (non-hydrogen) atoms. The van der Waals surface area contributed by atoms with Gasteiger partial charge in [0.15, 0.2) is 0 Å². The number of hydrogen-bond donors (Lipinski definition) is 0. The van der Waals surface area contributed by atoms with Crippen LogP contribution in [0, 0.1) is 0 Å². The Hall–Kier alpha value is -18.5. The van der Waals surface area contributed by atoms with Crippen LogP contribution in [0.15, 0.2) is 425 Å². The summed E-state index contributed by atoms with van der Waals surface area (Å²) in [5.74, 6) is 2.04.